The van der Waals surface area contributed by atoms with E-state index in [-0.39, 0.29) is 17.4 Å². The molecule has 0 bridgehead atoms. The molecule has 2 unspecified atom stereocenters. The van der Waals surface area contributed by atoms with E-state index < -0.39 is 6.17 Å². The molecule has 2 atom stereocenters. The predicted molar refractivity (Wildman–Crippen MR) is 158 cm³/mol. The standard InChI is InChI=1S/C30H41N7O2/c1-7-34(8-2)22(4)36-26(20-24-12-10-9-11-13-24)32-28-27(36)29(38)37(21(3)33(5)6)30(39)35(28)19-18-23-14-16-25(31)17-15-23/h9-17,21-22H,7-8,18-20,31H2,1-6H3. The molecule has 39 heavy (non-hydrogen) atoms. The van der Waals surface area contributed by atoms with Gasteiger partial charge in [-0.25, -0.2) is 14.3 Å². The lowest BCUT2D eigenvalue weighted by atomic mass is 10.1. The third-order valence-corrected chi connectivity index (χ3v) is 7.72. The molecule has 0 saturated heterocycles. The van der Waals surface area contributed by atoms with E-state index in [0.717, 1.165) is 30.0 Å². The van der Waals surface area contributed by atoms with E-state index in [4.69, 9.17) is 10.7 Å². The molecule has 4 aromatic rings. The van der Waals surface area contributed by atoms with E-state index in [1.165, 1.54) is 4.57 Å². The number of hydrogen-bond acceptors (Lipinski definition) is 6. The maximum absolute atomic E-state index is 14.2. The monoisotopic (exact) mass is 531 g/mol. The van der Waals surface area contributed by atoms with Crippen molar-refractivity contribution in [2.45, 2.75) is 59.4 Å². The molecule has 0 aliphatic carbocycles. The van der Waals surface area contributed by atoms with Crippen LogP contribution in [0.4, 0.5) is 5.69 Å². The molecule has 2 aromatic heterocycles. The molecule has 0 aliphatic heterocycles. The zero-order chi connectivity index (χ0) is 28.3. The highest BCUT2D eigenvalue weighted by Gasteiger charge is 2.28. The van der Waals surface area contributed by atoms with Crippen molar-refractivity contribution < 1.29 is 0 Å². The molecular weight excluding hydrogens is 490 g/mol. The van der Waals surface area contributed by atoms with Crippen LogP contribution in [0.25, 0.3) is 11.2 Å². The second-order valence-electron chi connectivity index (χ2n) is 10.3. The molecule has 0 saturated carbocycles. The predicted octanol–water partition coefficient (Wildman–Crippen LogP) is 3.72. The molecule has 2 heterocycles. The van der Waals surface area contributed by atoms with Crippen LogP contribution in [0.15, 0.2) is 64.2 Å². The number of rotatable bonds is 11. The molecule has 0 radical (unpaired) electrons. The van der Waals surface area contributed by atoms with Crippen LogP contribution in [-0.2, 0) is 19.4 Å². The van der Waals surface area contributed by atoms with Crippen LogP contribution < -0.4 is 17.0 Å². The fourth-order valence-corrected chi connectivity index (χ4v) is 5.18. The highest BCUT2D eigenvalue weighted by atomic mass is 16.2. The lowest BCUT2D eigenvalue weighted by Gasteiger charge is -2.29. The third kappa shape index (κ3) is 5.69. The Bertz CT molecular complexity index is 1510. The van der Waals surface area contributed by atoms with Gasteiger partial charge in [0.1, 0.15) is 5.82 Å². The number of aromatic nitrogens is 4. The average molecular weight is 532 g/mol. The zero-order valence-electron chi connectivity index (χ0n) is 24.0. The van der Waals surface area contributed by atoms with Crippen LogP contribution in [0.2, 0.25) is 0 Å². The Labute approximate surface area is 230 Å². The molecule has 0 aliphatic rings. The van der Waals surface area contributed by atoms with E-state index in [1.807, 2.05) is 68.4 Å². The van der Waals surface area contributed by atoms with Crippen molar-refractivity contribution in [1.29, 1.82) is 0 Å². The Morgan fingerprint density at radius 3 is 2.10 bits per heavy atom. The van der Waals surface area contributed by atoms with E-state index >= 15 is 0 Å². The first-order valence-electron chi connectivity index (χ1n) is 13.7. The minimum absolute atomic E-state index is 0.123. The van der Waals surface area contributed by atoms with Crippen molar-refractivity contribution in [1.82, 2.24) is 28.5 Å². The lowest BCUT2D eigenvalue weighted by Crippen LogP contribution is -2.46. The second kappa shape index (κ2) is 12.0. The summed E-state index contributed by atoms with van der Waals surface area (Å²) in [6, 6.07) is 17.8. The minimum atomic E-state index is -0.429. The summed E-state index contributed by atoms with van der Waals surface area (Å²) in [4.78, 5) is 37.3. The minimum Gasteiger partial charge on any atom is -0.399 e. The number of nitrogen functional groups attached to an aromatic ring is 1. The summed E-state index contributed by atoms with van der Waals surface area (Å²) in [5.74, 6) is 0.767. The van der Waals surface area contributed by atoms with Crippen molar-refractivity contribution in [3.05, 3.63) is 92.4 Å². The van der Waals surface area contributed by atoms with E-state index in [9.17, 15) is 9.59 Å². The number of nitrogens with zero attached hydrogens (tertiary/aromatic N) is 6. The smallest absolute Gasteiger partial charge is 0.334 e. The summed E-state index contributed by atoms with van der Waals surface area (Å²) in [6.45, 7) is 10.2. The largest absolute Gasteiger partial charge is 0.399 e. The number of benzene rings is 2. The van der Waals surface area contributed by atoms with Crippen LogP contribution >= 0.6 is 0 Å². The molecule has 0 spiro atoms. The molecule has 0 amide bonds. The average Bonchev–Trinajstić information content (AvgIpc) is 3.29. The van der Waals surface area contributed by atoms with Crippen molar-refractivity contribution in [2.24, 2.45) is 0 Å². The highest BCUT2D eigenvalue weighted by molar-refractivity contribution is 5.71. The molecule has 4 rings (SSSR count). The van der Waals surface area contributed by atoms with Crippen LogP contribution in [0.3, 0.4) is 0 Å². The van der Waals surface area contributed by atoms with Gasteiger partial charge in [0.15, 0.2) is 11.2 Å². The number of hydrogen-bond donors (Lipinski definition) is 1. The Morgan fingerprint density at radius 2 is 1.51 bits per heavy atom. The van der Waals surface area contributed by atoms with Crippen LogP contribution in [-0.4, -0.2) is 55.7 Å². The Kier molecular flexibility index (Phi) is 8.72. The van der Waals surface area contributed by atoms with Gasteiger partial charge in [0, 0.05) is 18.7 Å². The van der Waals surface area contributed by atoms with Gasteiger partial charge in [0.2, 0.25) is 0 Å². The SMILES string of the molecule is CCN(CC)C(C)n1c(Cc2ccccc2)nc2c1c(=O)n(C(C)N(C)C)c(=O)n2CCc1ccc(N)cc1. The number of nitrogens with two attached hydrogens (primary N) is 1. The van der Waals surface area contributed by atoms with Crippen LogP contribution in [0.5, 0.6) is 0 Å². The quantitative estimate of drug-likeness (QED) is 0.297. The van der Waals surface area contributed by atoms with Gasteiger partial charge < -0.3 is 10.3 Å². The summed E-state index contributed by atoms with van der Waals surface area (Å²) < 4.78 is 5.09. The number of aryl methyl sites for hydroxylation is 2. The second-order valence-corrected chi connectivity index (χ2v) is 10.3. The third-order valence-electron chi connectivity index (χ3n) is 7.72. The molecule has 208 valence electrons. The number of fused-ring (bicyclic) bond motifs is 1. The summed E-state index contributed by atoms with van der Waals surface area (Å²) in [7, 11) is 3.74. The Balaban J connectivity index is 2.00. The molecule has 0 fully saturated rings. The van der Waals surface area contributed by atoms with E-state index in [0.29, 0.717) is 36.2 Å². The number of anilines is 1. The fraction of sp³-hybridized carbons (Fsp3) is 0.433. The van der Waals surface area contributed by atoms with Crippen molar-refractivity contribution >= 4 is 16.9 Å². The van der Waals surface area contributed by atoms with Crippen molar-refractivity contribution in [2.75, 3.05) is 32.9 Å². The molecule has 2 aromatic carbocycles. The molecule has 2 N–H and O–H groups in total. The fourth-order valence-electron chi connectivity index (χ4n) is 5.18. The Hall–Kier alpha value is -3.69. The molecule has 9 heteroatoms. The van der Waals surface area contributed by atoms with Gasteiger partial charge in [-0.3, -0.25) is 19.2 Å². The van der Waals surface area contributed by atoms with Gasteiger partial charge in [-0.15, -0.1) is 0 Å². The maximum atomic E-state index is 14.2. The first-order chi connectivity index (χ1) is 18.7. The summed E-state index contributed by atoms with van der Waals surface area (Å²) in [5.41, 5.74) is 8.96. The van der Waals surface area contributed by atoms with E-state index in [1.54, 1.807) is 4.57 Å². The van der Waals surface area contributed by atoms with Gasteiger partial charge in [-0.2, -0.15) is 0 Å². The molecular formula is C30H41N7O2. The van der Waals surface area contributed by atoms with Gasteiger partial charge in [-0.1, -0.05) is 56.3 Å². The van der Waals surface area contributed by atoms with Gasteiger partial charge in [0.05, 0.1) is 12.3 Å². The summed E-state index contributed by atoms with van der Waals surface area (Å²) in [5, 5.41) is 0. The summed E-state index contributed by atoms with van der Waals surface area (Å²) >= 11 is 0. The maximum Gasteiger partial charge on any atom is 0.334 e. The normalized spacial score (nSPS) is 13.4. The van der Waals surface area contributed by atoms with E-state index in [2.05, 4.69) is 42.4 Å². The van der Waals surface area contributed by atoms with Gasteiger partial charge in [0.25, 0.3) is 5.56 Å². The topological polar surface area (TPSA) is 94.3 Å². The van der Waals surface area contributed by atoms with Gasteiger partial charge in [-0.05, 0) is 70.7 Å². The highest BCUT2D eigenvalue weighted by Crippen LogP contribution is 2.24. The van der Waals surface area contributed by atoms with Crippen molar-refractivity contribution in [3.63, 3.8) is 0 Å². The summed E-state index contributed by atoms with van der Waals surface area (Å²) in [6.07, 6.45) is 0.608. The lowest BCUT2D eigenvalue weighted by molar-refractivity contribution is 0.172. The first kappa shape index (κ1) is 28.3. The van der Waals surface area contributed by atoms with Crippen LogP contribution in [0.1, 0.15) is 57.0 Å². The van der Waals surface area contributed by atoms with Crippen LogP contribution in [0, 0.1) is 0 Å². The number of imidazole rings is 1. The molecule has 9 nitrogen and oxygen atoms in total. The Morgan fingerprint density at radius 1 is 0.872 bits per heavy atom. The van der Waals surface area contributed by atoms with Gasteiger partial charge >= 0.3 is 5.69 Å². The van der Waals surface area contributed by atoms with Crippen molar-refractivity contribution in [3.8, 4) is 0 Å². The first-order valence-corrected chi connectivity index (χ1v) is 13.7. The zero-order valence-corrected chi connectivity index (χ0v) is 24.0.